The van der Waals surface area contributed by atoms with E-state index >= 15 is 0 Å². The van der Waals surface area contributed by atoms with E-state index in [0.29, 0.717) is 34.8 Å². The minimum Gasteiger partial charge on any atom is -0.465 e. The molecule has 1 N–H and O–H groups in total. The van der Waals surface area contributed by atoms with Crippen molar-refractivity contribution in [3.63, 3.8) is 0 Å². The predicted molar refractivity (Wildman–Crippen MR) is 109 cm³/mol. The lowest BCUT2D eigenvalue weighted by atomic mass is 9.68. The molecule has 29 heavy (non-hydrogen) atoms. The molecule has 3 aliphatic rings. The van der Waals surface area contributed by atoms with E-state index in [1.807, 2.05) is 42.5 Å². The number of esters is 2. The van der Waals surface area contributed by atoms with Gasteiger partial charge in [0.25, 0.3) is 0 Å². The quantitative estimate of drug-likeness (QED) is 0.778. The van der Waals surface area contributed by atoms with Gasteiger partial charge in [-0.05, 0) is 84.4 Å². The number of nitrogens with one attached hydrogen (secondary N) is 1. The fourth-order valence-electron chi connectivity index (χ4n) is 6.01. The summed E-state index contributed by atoms with van der Waals surface area (Å²) in [5.41, 5.74) is 4.75. The first-order valence-electron chi connectivity index (χ1n) is 10.3. The Hall–Kier alpha value is -2.82. The number of anilines is 1. The molecule has 0 amide bonds. The Kier molecular flexibility index (Phi) is 4.34. The molecule has 0 unspecified atom stereocenters. The molecule has 0 radical (unpaired) electrons. The molecule has 2 saturated carbocycles. The fraction of sp³-hybridized carbons (Fsp3) is 0.417. The van der Waals surface area contributed by atoms with Crippen molar-refractivity contribution < 1.29 is 19.1 Å². The van der Waals surface area contributed by atoms with Gasteiger partial charge in [0.15, 0.2) is 0 Å². The van der Waals surface area contributed by atoms with E-state index in [2.05, 4.69) is 5.32 Å². The van der Waals surface area contributed by atoms with Crippen LogP contribution in [0.1, 0.15) is 63.1 Å². The zero-order valence-corrected chi connectivity index (χ0v) is 16.7. The second kappa shape index (κ2) is 6.90. The monoisotopic (exact) mass is 391 g/mol. The molecule has 0 spiro atoms. The maximum absolute atomic E-state index is 12.1. The van der Waals surface area contributed by atoms with Gasteiger partial charge in [-0.2, -0.15) is 0 Å². The highest BCUT2D eigenvalue weighted by Crippen LogP contribution is 2.63. The van der Waals surface area contributed by atoms with Crippen LogP contribution in [0.25, 0.3) is 0 Å². The molecule has 1 aliphatic heterocycles. The zero-order valence-electron chi connectivity index (χ0n) is 16.7. The molecule has 5 nitrogen and oxygen atoms in total. The van der Waals surface area contributed by atoms with Gasteiger partial charge < -0.3 is 14.8 Å². The molecule has 5 atom stereocenters. The smallest absolute Gasteiger partial charge is 0.337 e. The third-order valence-corrected chi connectivity index (χ3v) is 7.20. The van der Waals surface area contributed by atoms with Gasteiger partial charge in [0.05, 0.1) is 31.4 Å². The van der Waals surface area contributed by atoms with Gasteiger partial charge in [0, 0.05) is 5.69 Å². The SMILES string of the molecule is COC(=O)c1ccc([C@@H]2Nc3ccc(C(=O)OC)cc3[C@H]3[C@H]4CC[C@@H](C4)[C@H]32)cc1. The summed E-state index contributed by atoms with van der Waals surface area (Å²) in [5, 5.41) is 3.75. The molecule has 2 aliphatic carbocycles. The Morgan fingerprint density at radius 3 is 2.28 bits per heavy atom. The summed E-state index contributed by atoms with van der Waals surface area (Å²) in [6.45, 7) is 0. The first-order chi connectivity index (χ1) is 14.1. The molecule has 2 bridgehead atoms. The number of ether oxygens (including phenoxy) is 2. The lowest BCUT2D eigenvalue weighted by Crippen LogP contribution is -2.35. The van der Waals surface area contributed by atoms with Crippen LogP contribution in [0.15, 0.2) is 42.5 Å². The highest BCUT2D eigenvalue weighted by atomic mass is 16.5. The van der Waals surface area contributed by atoms with E-state index in [1.54, 1.807) is 0 Å². The van der Waals surface area contributed by atoms with E-state index in [0.717, 1.165) is 5.69 Å². The Labute approximate surface area is 170 Å². The van der Waals surface area contributed by atoms with Gasteiger partial charge in [-0.25, -0.2) is 9.59 Å². The van der Waals surface area contributed by atoms with E-state index in [-0.39, 0.29) is 18.0 Å². The number of carbonyl (C=O) groups excluding carboxylic acids is 2. The molecule has 2 fully saturated rings. The molecule has 5 rings (SSSR count). The molecular weight excluding hydrogens is 366 g/mol. The lowest BCUT2D eigenvalue weighted by molar-refractivity contribution is 0.0591. The van der Waals surface area contributed by atoms with Gasteiger partial charge in [0.2, 0.25) is 0 Å². The Balaban J connectivity index is 1.54. The van der Waals surface area contributed by atoms with Crippen molar-refractivity contribution in [2.45, 2.75) is 31.2 Å². The van der Waals surface area contributed by atoms with Crippen LogP contribution in [0, 0.1) is 17.8 Å². The second-order valence-corrected chi connectivity index (χ2v) is 8.47. The lowest BCUT2D eigenvalue weighted by Gasteiger charge is -2.43. The Bertz CT molecular complexity index is 967. The third-order valence-electron chi connectivity index (χ3n) is 7.20. The van der Waals surface area contributed by atoms with Gasteiger partial charge in [0.1, 0.15) is 0 Å². The van der Waals surface area contributed by atoms with E-state index < -0.39 is 0 Å². The molecule has 2 aromatic rings. The summed E-state index contributed by atoms with van der Waals surface area (Å²) in [4.78, 5) is 23.9. The fourth-order valence-corrected chi connectivity index (χ4v) is 6.01. The van der Waals surface area contributed by atoms with Crippen LogP contribution in [0.3, 0.4) is 0 Å². The van der Waals surface area contributed by atoms with Crippen LogP contribution >= 0.6 is 0 Å². The molecule has 2 aromatic carbocycles. The predicted octanol–water partition coefficient (Wildman–Crippen LogP) is 4.56. The Morgan fingerprint density at radius 2 is 1.55 bits per heavy atom. The average Bonchev–Trinajstić information content (AvgIpc) is 3.40. The van der Waals surface area contributed by atoms with Crippen LogP contribution in [-0.4, -0.2) is 26.2 Å². The maximum Gasteiger partial charge on any atom is 0.337 e. The summed E-state index contributed by atoms with van der Waals surface area (Å²) in [6.07, 6.45) is 3.80. The van der Waals surface area contributed by atoms with Gasteiger partial charge >= 0.3 is 11.9 Å². The minimum atomic E-state index is -0.313. The summed E-state index contributed by atoms with van der Waals surface area (Å²) in [5.74, 6) is 1.73. The summed E-state index contributed by atoms with van der Waals surface area (Å²) in [7, 11) is 2.83. The van der Waals surface area contributed by atoms with Crippen LogP contribution < -0.4 is 5.32 Å². The number of hydrogen-bond donors (Lipinski definition) is 1. The molecule has 1 heterocycles. The number of carbonyl (C=O) groups is 2. The highest BCUT2D eigenvalue weighted by Gasteiger charge is 2.53. The first kappa shape index (κ1) is 18.2. The van der Waals surface area contributed by atoms with E-state index in [4.69, 9.17) is 9.47 Å². The van der Waals surface area contributed by atoms with Crippen LogP contribution in [0.2, 0.25) is 0 Å². The maximum atomic E-state index is 12.1. The van der Waals surface area contributed by atoms with Crippen LogP contribution in [-0.2, 0) is 9.47 Å². The zero-order chi connectivity index (χ0) is 20.1. The van der Waals surface area contributed by atoms with Crippen molar-refractivity contribution in [1.82, 2.24) is 0 Å². The van der Waals surface area contributed by atoms with Crippen molar-refractivity contribution in [1.29, 1.82) is 0 Å². The summed E-state index contributed by atoms with van der Waals surface area (Å²) < 4.78 is 9.76. The second-order valence-electron chi connectivity index (χ2n) is 8.47. The van der Waals surface area contributed by atoms with Gasteiger partial charge in [-0.1, -0.05) is 12.1 Å². The van der Waals surface area contributed by atoms with Crippen LogP contribution in [0.5, 0.6) is 0 Å². The average molecular weight is 391 g/mol. The molecule has 5 heteroatoms. The van der Waals surface area contributed by atoms with Crippen molar-refractivity contribution in [2.75, 3.05) is 19.5 Å². The topological polar surface area (TPSA) is 64.6 Å². The molecular formula is C24H25NO4. The van der Waals surface area contributed by atoms with E-state index in [1.165, 1.54) is 44.6 Å². The number of benzene rings is 2. The largest absolute Gasteiger partial charge is 0.465 e. The molecule has 150 valence electrons. The highest BCUT2D eigenvalue weighted by molar-refractivity contribution is 5.90. The molecule has 0 aromatic heterocycles. The standard InChI is InChI=1S/C24H25NO4/c1-28-23(26)14-5-3-13(4-6-14)22-21-16-8-7-15(11-16)20(21)18-12-17(24(27)29-2)9-10-19(18)25-22/h3-6,9-10,12,15-16,20-22,25H,7-8,11H2,1-2H3/t15-,16-,20+,21+,22-/m0/s1. The van der Waals surface area contributed by atoms with E-state index in [9.17, 15) is 9.59 Å². The third kappa shape index (κ3) is 2.83. The normalized spacial score (nSPS) is 28.8. The number of methoxy groups -OCH3 is 2. The molecule has 0 saturated heterocycles. The van der Waals surface area contributed by atoms with Crippen LogP contribution in [0.4, 0.5) is 5.69 Å². The minimum absolute atomic E-state index is 0.207. The first-order valence-corrected chi connectivity index (χ1v) is 10.3. The van der Waals surface area contributed by atoms with Crippen molar-refractivity contribution in [3.8, 4) is 0 Å². The van der Waals surface area contributed by atoms with Gasteiger partial charge in [-0.3, -0.25) is 0 Å². The van der Waals surface area contributed by atoms with Crippen molar-refractivity contribution >= 4 is 17.6 Å². The number of fused-ring (bicyclic) bond motifs is 7. The van der Waals surface area contributed by atoms with Gasteiger partial charge in [-0.15, -0.1) is 0 Å². The number of hydrogen-bond acceptors (Lipinski definition) is 5. The summed E-state index contributed by atoms with van der Waals surface area (Å²) in [6, 6.07) is 13.9. The van der Waals surface area contributed by atoms with Crippen molar-refractivity contribution in [3.05, 3.63) is 64.7 Å². The Morgan fingerprint density at radius 1 is 0.897 bits per heavy atom. The van der Waals surface area contributed by atoms with Crippen molar-refractivity contribution in [2.24, 2.45) is 17.8 Å². The summed E-state index contributed by atoms with van der Waals surface area (Å²) >= 11 is 0. The number of rotatable bonds is 3.